The second-order valence-electron chi connectivity index (χ2n) is 5.12. The van der Waals surface area contributed by atoms with Gasteiger partial charge in [-0.1, -0.05) is 0 Å². The number of furan rings is 1. The van der Waals surface area contributed by atoms with Crippen LogP contribution >= 0.6 is 0 Å². The van der Waals surface area contributed by atoms with Crippen LogP contribution in [0.25, 0.3) is 11.0 Å². The van der Waals surface area contributed by atoms with Gasteiger partial charge in [0.2, 0.25) is 5.76 Å². The lowest BCUT2D eigenvalue weighted by Gasteiger charge is -2.13. The van der Waals surface area contributed by atoms with E-state index in [-0.39, 0.29) is 0 Å². The van der Waals surface area contributed by atoms with Gasteiger partial charge in [0.25, 0.3) is 0 Å². The molecule has 0 spiro atoms. The number of ether oxygens (including phenoxy) is 1. The van der Waals surface area contributed by atoms with E-state index >= 15 is 0 Å². The third kappa shape index (κ3) is 1.94. The van der Waals surface area contributed by atoms with Crippen LogP contribution in [0.15, 0.2) is 16.5 Å². The van der Waals surface area contributed by atoms with Crippen molar-refractivity contribution in [3.63, 3.8) is 0 Å². The highest BCUT2D eigenvalue weighted by Gasteiger charge is 2.27. The average Bonchev–Trinajstić information content (AvgIpc) is 2.67. The fourth-order valence-corrected chi connectivity index (χ4v) is 2.78. The number of hydrogen-bond acceptors (Lipinski definition) is 5. The summed E-state index contributed by atoms with van der Waals surface area (Å²) in [6.07, 6.45) is 0.856. The molecule has 1 aliphatic rings. The molecule has 0 atom stereocenters. The highest BCUT2D eigenvalue weighted by atomic mass is 16.5. The molecule has 0 bridgehead atoms. The second kappa shape index (κ2) is 4.83. The molecule has 0 unspecified atom stereocenters. The van der Waals surface area contributed by atoms with Gasteiger partial charge >= 0.3 is 5.97 Å². The Morgan fingerprint density at radius 1 is 1.45 bits per heavy atom. The van der Waals surface area contributed by atoms with E-state index in [0.717, 1.165) is 35.2 Å². The Labute approximate surface area is 117 Å². The maximum atomic E-state index is 12.1. The predicted octanol–water partition coefficient (Wildman–Crippen LogP) is 2.18. The Morgan fingerprint density at radius 3 is 3.00 bits per heavy atom. The van der Waals surface area contributed by atoms with E-state index < -0.39 is 5.97 Å². The summed E-state index contributed by atoms with van der Waals surface area (Å²) in [6.45, 7) is 3.69. The number of carbonyl (C=O) groups excluding carboxylic acids is 1. The molecule has 0 amide bonds. The first-order valence-corrected chi connectivity index (χ1v) is 6.80. The summed E-state index contributed by atoms with van der Waals surface area (Å²) >= 11 is 0. The Balaban J connectivity index is 2.25. The number of rotatable bonds is 2. The van der Waals surface area contributed by atoms with E-state index in [1.165, 1.54) is 0 Å². The van der Waals surface area contributed by atoms with E-state index in [0.29, 0.717) is 24.5 Å². The third-order valence-electron chi connectivity index (χ3n) is 3.73. The van der Waals surface area contributed by atoms with E-state index in [1.807, 2.05) is 19.2 Å². The SMILES string of the molecule is CCOC(=O)c1oc2ccc(N)c3c2c1CN(C)CC3. The number of esters is 1. The largest absolute Gasteiger partial charge is 0.460 e. The normalized spacial score (nSPS) is 15.3. The summed E-state index contributed by atoms with van der Waals surface area (Å²) in [7, 11) is 2.02. The summed E-state index contributed by atoms with van der Waals surface area (Å²) in [5.74, 6) is -0.0963. The molecule has 1 aromatic heterocycles. The highest BCUT2D eigenvalue weighted by molar-refractivity contribution is 5.99. The summed E-state index contributed by atoms with van der Waals surface area (Å²) in [4.78, 5) is 14.2. The minimum atomic E-state index is -0.404. The number of likely N-dealkylation sites (N-methyl/N-ethyl adjacent to an activating group) is 1. The van der Waals surface area contributed by atoms with Crippen LogP contribution in [0.2, 0.25) is 0 Å². The van der Waals surface area contributed by atoms with Gasteiger partial charge in [-0.15, -0.1) is 0 Å². The number of nitrogens with zero attached hydrogens (tertiary/aromatic N) is 1. The smallest absolute Gasteiger partial charge is 0.374 e. The zero-order valence-electron chi connectivity index (χ0n) is 11.7. The molecule has 0 aliphatic carbocycles. The van der Waals surface area contributed by atoms with Crippen LogP contribution in [0, 0.1) is 0 Å². The third-order valence-corrected chi connectivity index (χ3v) is 3.73. The number of carbonyl (C=O) groups is 1. The van der Waals surface area contributed by atoms with Gasteiger partial charge in [-0.25, -0.2) is 4.79 Å². The van der Waals surface area contributed by atoms with Crippen LogP contribution < -0.4 is 5.73 Å². The van der Waals surface area contributed by atoms with Crippen LogP contribution in [-0.2, 0) is 17.7 Å². The van der Waals surface area contributed by atoms with Crippen LogP contribution in [0.1, 0.15) is 28.6 Å². The molecule has 2 aromatic rings. The van der Waals surface area contributed by atoms with Crippen molar-refractivity contribution < 1.29 is 13.9 Å². The van der Waals surface area contributed by atoms with Gasteiger partial charge in [-0.05, 0) is 38.1 Å². The van der Waals surface area contributed by atoms with Gasteiger partial charge in [0.15, 0.2) is 0 Å². The van der Waals surface area contributed by atoms with Crippen LogP contribution in [0.3, 0.4) is 0 Å². The van der Waals surface area contributed by atoms with Crippen molar-refractivity contribution in [3.8, 4) is 0 Å². The Morgan fingerprint density at radius 2 is 2.25 bits per heavy atom. The topological polar surface area (TPSA) is 68.7 Å². The van der Waals surface area contributed by atoms with Crippen LogP contribution in [0.5, 0.6) is 0 Å². The molecule has 2 heterocycles. The van der Waals surface area contributed by atoms with Crippen molar-refractivity contribution in [2.45, 2.75) is 19.9 Å². The minimum absolute atomic E-state index is 0.308. The zero-order chi connectivity index (χ0) is 14.3. The van der Waals surface area contributed by atoms with Gasteiger partial charge in [-0.2, -0.15) is 0 Å². The van der Waals surface area contributed by atoms with Crippen molar-refractivity contribution in [2.75, 3.05) is 25.9 Å². The highest BCUT2D eigenvalue weighted by Crippen LogP contribution is 2.35. The number of anilines is 1. The number of benzene rings is 1. The minimum Gasteiger partial charge on any atom is -0.460 e. The average molecular weight is 274 g/mol. The molecule has 5 heteroatoms. The molecule has 1 aliphatic heterocycles. The Kier molecular flexibility index (Phi) is 3.14. The zero-order valence-corrected chi connectivity index (χ0v) is 11.7. The van der Waals surface area contributed by atoms with Gasteiger partial charge < -0.3 is 19.8 Å². The standard InChI is InChI=1S/C15H18N2O3/c1-3-19-15(18)14-10-8-17(2)7-6-9-11(16)4-5-12(20-14)13(9)10/h4-5H,3,6-8,16H2,1-2H3. The van der Waals surface area contributed by atoms with Crippen molar-refractivity contribution in [3.05, 3.63) is 29.0 Å². The fraction of sp³-hybridized carbons (Fsp3) is 0.400. The Bertz CT molecular complexity index is 675. The van der Waals surface area contributed by atoms with Gasteiger partial charge in [0.05, 0.1) is 6.61 Å². The molecule has 5 nitrogen and oxygen atoms in total. The first-order chi connectivity index (χ1) is 9.61. The van der Waals surface area contributed by atoms with Crippen molar-refractivity contribution in [2.24, 2.45) is 0 Å². The van der Waals surface area contributed by atoms with Crippen molar-refractivity contribution >= 4 is 22.6 Å². The van der Waals surface area contributed by atoms with E-state index in [2.05, 4.69) is 4.90 Å². The molecule has 0 saturated carbocycles. The molecular weight excluding hydrogens is 256 g/mol. The van der Waals surface area contributed by atoms with Crippen LogP contribution in [-0.4, -0.2) is 31.1 Å². The molecule has 20 heavy (non-hydrogen) atoms. The number of nitrogens with two attached hydrogens (primary N) is 1. The summed E-state index contributed by atoms with van der Waals surface area (Å²) in [6, 6.07) is 3.66. The molecule has 1 aromatic carbocycles. The van der Waals surface area contributed by atoms with Gasteiger partial charge in [0.1, 0.15) is 5.58 Å². The van der Waals surface area contributed by atoms with Crippen molar-refractivity contribution in [1.82, 2.24) is 4.90 Å². The molecule has 106 valence electrons. The second-order valence-corrected chi connectivity index (χ2v) is 5.12. The van der Waals surface area contributed by atoms with Gasteiger partial charge in [0, 0.05) is 29.7 Å². The number of hydrogen-bond donors (Lipinski definition) is 1. The molecule has 0 radical (unpaired) electrons. The van der Waals surface area contributed by atoms with Crippen molar-refractivity contribution in [1.29, 1.82) is 0 Å². The molecule has 0 fully saturated rings. The summed E-state index contributed by atoms with van der Waals surface area (Å²) < 4.78 is 10.8. The molecule has 0 saturated heterocycles. The summed E-state index contributed by atoms with van der Waals surface area (Å²) in [5, 5.41) is 0.984. The lowest BCUT2D eigenvalue weighted by atomic mass is 10.0. The lowest BCUT2D eigenvalue weighted by Crippen LogP contribution is -2.20. The first-order valence-electron chi connectivity index (χ1n) is 6.80. The Hall–Kier alpha value is -2.01. The first kappa shape index (κ1) is 13.0. The maximum Gasteiger partial charge on any atom is 0.374 e. The summed E-state index contributed by atoms with van der Waals surface area (Å²) in [5.41, 5.74) is 9.51. The van der Waals surface area contributed by atoms with Crippen LogP contribution in [0.4, 0.5) is 5.69 Å². The number of nitrogen functional groups attached to an aromatic ring is 1. The lowest BCUT2D eigenvalue weighted by molar-refractivity contribution is 0.0489. The van der Waals surface area contributed by atoms with E-state index in [9.17, 15) is 4.79 Å². The quantitative estimate of drug-likeness (QED) is 0.671. The van der Waals surface area contributed by atoms with E-state index in [4.69, 9.17) is 14.9 Å². The molecular formula is C15H18N2O3. The molecule has 3 rings (SSSR count). The monoisotopic (exact) mass is 274 g/mol. The molecule has 2 N–H and O–H groups in total. The maximum absolute atomic E-state index is 12.1. The van der Waals surface area contributed by atoms with Gasteiger partial charge in [-0.3, -0.25) is 0 Å². The predicted molar refractivity (Wildman–Crippen MR) is 76.6 cm³/mol. The fourth-order valence-electron chi connectivity index (χ4n) is 2.78. The van der Waals surface area contributed by atoms with E-state index in [1.54, 1.807) is 6.92 Å².